The van der Waals surface area contributed by atoms with Crippen LogP contribution >= 0.6 is 0 Å². The molecule has 174 valence electrons. The number of nitrogens with zero attached hydrogens (tertiary/aromatic N) is 4. The maximum absolute atomic E-state index is 13.3. The normalized spacial score (nSPS) is 15.6. The lowest BCUT2D eigenvalue weighted by molar-refractivity contribution is -0.163. The quantitative estimate of drug-likeness (QED) is 0.576. The number of hydrogen-bond donors (Lipinski definition) is 1. The highest BCUT2D eigenvalue weighted by atomic mass is 16.3. The first kappa shape index (κ1) is 23.0. The number of hydrogen-bond acceptors (Lipinski definition) is 7. The number of likely N-dealkylation sites (tertiary alicyclic amines) is 1. The average molecular weight is 460 g/mol. The van der Waals surface area contributed by atoms with Crippen LogP contribution in [0.5, 0.6) is 0 Å². The minimum Gasteiger partial charge on any atom is -0.469 e. The third-order valence-electron chi connectivity index (χ3n) is 5.62. The number of aromatic nitrogens is 2. The van der Waals surface area contributed by atoms with E-state index >= 15 is 0 Å². The Labute approximate surface area is 197 Å². The Morgan fingerprint density at radius 1 is 1.26 bits per heavy atom. The van der Waals surface area contributed by atoms with Crippen LogP contribution in [0.1, 0.15) is 66.2 Å². The number of rotatable bonds is 5. The fraction of sp³-hybridized carbons (Fsp3) is 0.320. The van der Waals surface area contributed by atoms with Crippen LogP contribution in [0.4, 0.5) is 5.82 Å². The number of furan rings is 1. The summed E-state index contributed by atoms with van der Waals surface area (Å²) < 4.78 is 6.39. The van der Waals surface area contributed by atoms with E-state index in [1.165, 1.54) is 6.26 Å². The predicted molar refractivity (Wildman–Crippen MR) is 123 cm³/mol. The second kappa shape index (κ2) is 8.63. The van der Waals surface area contributed by atoms with Gasteiger partial charge in [-0.05, 0) is 18.6 Å². The summed E-state index contributed by atoms with van der Waals surface area (Å²) in [6.07, 6.45) is 1.36. The summed E-state index contributed by atoms with van der Waals surface area (Å²) in [7, 11) is 0. The number of carbonyl (C=O) groups excluding carboxylic acids is 3. The van der Waals surface area contributed by atoms with Crippen molar-refractivity contribution in [3.8, 4) is 6.07 Å². The van der Waals surface area contributed by atoms with Crippen molar-refractivity contribution in [1.82, 2.24) is 14.7 Å². The molecule has 0 saturated carbocycles. The van der Waals surface area contributed by atoms with E-state index in [4.69, 9.17) is 4.42 Å². The number of anilines is 1. The van der Waals surface area contributed by atoms with Crippen molar-refractivity contribution in [2.45, 2.75) is 46.7 Å². The number of aryl methyl sites for hydroxylation is 1. The van der Waals surface area contributed by atoms with E-state index < -0.39 is 17.4 Å². The molecule has 1 saturated heterocycles. The molecule has 1 aliphatic rings. The molecule has 3 heterocycles. The molecule has 1 N–H and O–H groups in total. The SMILES string of the molecule is Cc1cc(C(=O)n2nc(C3CC(=O)N3C(=O)C(C)(C)C)c(C#N)c2NCc2ccccc2)co1. The van der Waals surface area contributed by atoms with Gasteiger partial charge in [-0.2, -0.15) is 15.0 Å². The molecule has 1 atom stereocenters. The molecule has 34 heavy (non-hydrogen) atoms. The lowest BCUT2D eigenvalue weighted by Crippen LogP contribution is -2.54. The van der Waals surface area contributed by atoms with Crippen molar-refractivity contribution in [2.24, 2.45) is 5.41 Å². The first-order valence-electron chi connectivity index (χ1n) is 10.9. The largest absolute Gasteiger partial charge is 0.469 e. The zero-order chi connectivity index (χ0) is 24.6. The zero-order valence-electron chi connectivity index (χ0n) is 19.5. The van der Waals surface area contributed by atoms with Gasteiger partial charge in [0.2, 0.25) is 11.8 Å². The van der Waals surface area contributed by atoms with Gasteiger partial charge in [-0.3, -0.25) is 19.3 Å². The summed E-state index contributed by atoms with van der Waals surface area (Å²) in [4.78, 5) is 39.7. The standard InChI is InChI=1S/C25H25N5O4/c1-15-10-17(14-34-15)23(32)30-22(27-13-16-8-6-5-7-9-16)18(12-26)21(28-30)19-11-20(31)29(19)24(33)25(2,3)4/h5-10,14,19,27H,11,13H2,1-4H3. The Bertz CT molecular complexity index is 1310. The van der Waals surface area contributed by atoms with Gasteiger partial charge in [0.05, 0.1) is 18.0 Å². The highest BCUT2D eigenvalue weighted by Crippen LogP contribution is 2.40. The molecule has 2 aromatic heterocycles. The lowest BCUT2D eigenvalue weighted by Gasteiger charge is -2.41. The van der Waals surface area contributed by atoms with Gasteiger partial charge in [-0.1, -0.05) is 51.1 Å². The molecule has 9 nitrogen and oxygen atoms in total. The van der Waals surface area contributed by atoms with E-state index in [1.54, 1.807) is 33.8 Å². The molecule has 0 aliphatic carbocycles. The first-order chi connectivity index (χ1) is 16.1. The zero-order valence-corrected chi connectivity index (χ0v) is 19.5. The maximum Gasteiger partial charge on any atom is 0.283 e. The number of carbonyl (C=O) groups is 3. The molecular formula is C25H25N5O4. The highest BCUT2D eigenvalue weighted by Gasteiger charge is 2.48. The van der Waals surface area contributed by atoms with Crippen LogP contribution in [0.2, 0.25) is 0 Å². The van der Waals surface area contributed by atoms with E-state index in [0.717, 1.165) is 15.1 Å². The Hall–Kier alpha value is -4.19. The van der Waals surface area contributed by atoms with Crippen molar-refractivity contribution < 1.29 is 18.8 Å². The lowest BCUT2D eigenvalue weighted by atomic mass is 9.88. The summed E-state index contributed by atoms with van der Waals surface area (Å²) in [6.45, 7) is 7.22. The highest BCUT2D eigenvalue weighted by molar-refractivity contribution is 6.03. The van der Waals surface area contributed by atoms with Crippen molar-refractivity contribution >= 4 is 23.5 Å². The van der Waals surface area contributed by atoms with Crippen LogP contribution in [-0.4, -0.2) is 32.4 Å². The van der Waals surface area contributed by atoms with Gasteiger partial charge in [-0.15, -0.1) is 0 Å². The van der Waals surface area contributed by atoms with Crippen molar-refractivity contribution in [2.75, 3.05) is 5.32 Å². The molecular weight excluding hydrogens is 434 g/mol. The number of benzene rings is 1. The second-order valence-electron chi connectivity index (χ2n) is 9.26. The molecule has 1 fully saturated rings. The molecule has 0 spiro atoms. The van der Waals surface area contributed by atoms with E-state index in [9.17, 15) is 19.6 Å². The summed E-state index contributed by atoms with van der Waals surface area (Å²) >= 11 is 0. The number of β-lactam (4-membered cyclic amide) rings is 1. The fourth-order valence-corrected chi connectivity index (χ4v) is 3.80. The molecule has 3 aromatic rings. The van der Waals surface area contributed by atoms with Gasteiger partial charge < -0.3 is 9.73 Å². The first-order valence-corrected chi connectivity index (χ1v) is 10.9. The Kier molecular flexibility index (Phi) is 5.83. The minimum absolute atomic E-state index is 0.0324. The molecule has 1 aromatic carbocycles. The smallest absolute Gasteiger partial charge is 0.283 e. The molecule has 1 unspecified atom stereocenters. The number of nitriles is 1. The molecule has 1 aliphatic heterocycles. The van der Waals surface area contributed by atoms with Gasteiger partial charge in [0.1, 0.15) is 29.4 Å². The Morgan fingerprint density at radius 2 is 1.97 bits per heavy atom. The number of nitrogens with one attached hydrogen (secondary N) is 1. The van der Waals surface area contributed by atoms with Crippen LogP contribution in [0, 0.1) is 23.7 Å². The second-order valence-corrected chi connectivity index (χ2v) is 9.26. The fourth-order valence-electron chi connectivity index (χ4n) is 3.80. The third kappa shape index (κ3) is 4.10. The maximum atomic E-state index is 13.3. The van der Waals surface area contributed by atoms with Crippen molar-refractivity contribution in [1.29, 1.82) is 5.26 Å². The summed E-state index contributed by atoms with van der Waals surface area (Å²) in [6, 6.07) is 12.5. The molecule has 0 radical (unpaired) electrons. The van der Waals surface area contributed by atoms with E-state index in [1.807, 2.05) is 30.3 Å². The third-order valence-corrected chi connectivity index (χ3v) is 5.62. The van der Waals surface area contributed by atoms with Crippen LogP contribution in [0.15, 0.2) is 47.1 Å². The van der Waals surface area contributed by atoms with E-state index in [0.29, 0.717) is 12.3 Å². The molecule has 2 amide bonds. The van der Waals surface area contributed by atoms with Crippen LogP contribution in [0.3, 0.4) is 0 Å². The Balaban J connectivity index is 1.77. The summed E-state index contributed by atoms with van der Waals surface area (Å²) in [5, 5.41) is 17.6. The van der Waals surface area contributed by atoms with Gasteiger partial charge in [-0.25, -0.2) is 0 Å². The Morgan fingerprint density at radius 3 is 2.53 bits per heavy atom. The van der Waals surface area contributed by atoms with Gasteiger partial charge in [0.25, 0.3) is 5.91 Å². The number of amides is 2. The predicted octanol–water partition coefficient (Wildman–Crippen LogP) is 3.80. The summed E-state index contributed by atoms with van der Waals surface area (Å²) in [5.74, 6) is -0.425. The van der Waals surface area contributed by atoms with Crippen molar-refractivity contribution in [3.05, 3.63) is 70.8 Å². The van der Waals surface area contributed by atoms with Crippen molar-refractivity contribution in [3.63, 3.8) is 0 Å². The minimum atomic E-state index is -0.789. The molecule has 9 heteroatoms. The van der Waals surface area contributed by atoms with Crippen LogP contribution in [0.25, 0.3) is 0 Å². The molecule has 4 rings (SSSR count). The van der Waals surface area contributed by atoms with Gasteiger partial charge in [0, 0.05) is 12.0 Å². The van der Waals surface area contributed by atoms with Gasteiger partial charge in [0.15, 0.2) is 5.82 Å². The monoisotopic (exact) mass is 459 g/mol. The topological polar surface area (TPSA) is 121 Å². The molecule has 0 bridgehead atoms. The number of imide groups is 1. The van der Waals surface area contributed by atoms with Crippen LogP contribution in [-0.2, 0) is 16.1 Å². The van der Waals surface area contributed by atoms with E-state index in [-0.39, 0.29) is 40.9 Å². The van der Waals surface area contributed by atoms with Gasteiger partial charge >= 0.3 is 0 Å². The van der Waals surface area contributed by atoms with E-state index in [2.05, 4.69) is 16.5 Å². The average Bonchev–Trinajstić information content (AvgIpc) is 3.38. The van der Waals surface area contributed by atoms with Crippen LogP contribution < -0.4 is 5.32 Å². The summed E-state index contributed by atoms with van der Waals surface area (Å²) in [5.41, 5.74) is 0.752.